The van der Waals surface area contributed by atoms with Crippen molar-refractivity contribution in [2.45, 2.75) is 32.6 Å². The van der Waals surface area contributed by atoms with Gasteiger partial charge in [-0.05, 0) is 162 Å². The van der Waals surface area contributed by atoms with Crippen molar-refractivity contribution in [3.63, 3.8) is 0 Å². The number of allylic oxidation sites excluding steroid dienone is 18. The standard InChI is InChI=1S/C55H49N9O2/c1-4-44-24-25-45(50-16-7-10-30-57-50)23-20-41(3)66-51(44)17-6-5-14-42-21-28-49-40(2)34-46(15-13-33-65-52(49)29-22-42)47-26-27-48(55-62-61-39-64(55)54-19-9-12-32-59-54)36-43(35-47)37-63(38-60-56)53-18-8-11-31-58-53/h6-13,15-20,22-23,25,27-32,34-36,38-39H,2-5,14,24,33,37,56H2,1H3/b15-13-,17-6-,23-20-,45-25+,46-34+,51-44-,60-38-. The Morgan fingerprint density at radius 1 is 0.879 bits per heavy atom. The maximum atomic E-state index is 6.35. The minimum absolute atomic E-state index is 0.346. The van der Waals surface area contributed by atoms with Crippen LogP contribution in [-0.2, 0) is 9.47 Å². The predicted molar refractivity (Wildman–Crippen MR) is 263 cm³/mol. The first kappa shape index (κ1) is 44.0. The molecule has 6 heterocycles. The van der Waals surface area contributed by atoms with Gasteiger partial charge in [0.05, 0.1) is 12.2 Å². The molecule has 11 nitrogen and oxygen atoms in total. The fourth-order valence-corrected chi connectivity index (χ4v) is 7.46. The Labute approximate surface area is 385 Å². The summed E-state index contributed by atoms with van der Waals surface area (Å²) in [4.78, 5) is 15.5. The third-order valence-corrected chi connectivity index (χ3v) is 10.8. The molecule has 4 aromatic rings. The van der Waals surface area contributed by atoms with E-state index in [0.717, 1.165) is 81.7 Å². The van der Waals surface area contributed by atoms with Crippen LogP contribution in [0.25, 0.3) is 17.0 Å². The predicted octanol–water partition coefficient (Wildman–Crippen LogP) is 10.8. The lowest BCUT2D eigenvalue weighted by atomic mass is 9.97. The second-order valence-electron chi connectivity index (χ2n) is 15.3. The van der Waals surface area contributed by atoms with Gasteiger partial charge >= 0.3 is 0 Å². The summed E-state index contributed by atoms with van der Waals surface area (Å²) < 4.78 is 14.5. The summed E-state index contributed by atoms with van der Waals surface area (Å²) in [6.07, 6.45) is 40.1. The lowest BCUT2D eigenvalue weighted by Crippen LogP contribution is -2.25. The van der Waals surface area contributed by atoms with Crippen LogP contribution in [0.4, 0.5) is 5.82 Å². The smallest absolute Gasteiger partial charge is 0.170 e. The largest absolute Gasteiger partial charge is 0.489 e. The minimum atomic E-state index is 0.346. The number of hydrogen-bond acceptors (Lipinski definition) is 9. The highest BCUT2D eigenvalue weighted by molar-refractivity contribution is 5.80. The first-order valence-corrected chi connectivity index (χ1v) is 21.7. The van der Waals surface area contributed by atoms with Crippen molar-refractivity contribution in [2.24, 2.45) is 10.9 Å². The van der Waals surface area contributed by atoms with Crippen LogP contribution in [0, 0.1) is 0 Å². The third-order valence-electron chi connectivity index (χ3n) is 10.8. The Balaban J connectivity index is 1.05. The summed E-state index contributed by atoms with van der Waals surface area (Å²) in [6, 6.07) is 17.3. The van der Waals surface area contributed by atoms with Gasteiger partial charge in [-0.15, -0.1) is 21.7 Å². The lowest BCUT2D eigenvalue weighted by Gasteiger charge is -2.19. The van der Waals surface area contributed by atoms with Gasteiger partial charge in [0.2, 0.25) is 0 Å². The van der Waals surface area contributed by atoms with E-state index >= 15 is 0 Å². The van der Waals surface area contributed by atoms with Gasteiger partial charge in [-0.3, -0.25) is 9.55 Å². The quantitative estimate of drug-likeness (QED) is 0.0459. The second kappa shape index (κ2) is 21.6. The molecule has 2 aliphatic heterocycles. The van der Waals surface area contributed by atoms with E-state index in [2.05, 4.69) is 104 Å². The molecule has 0 bridgehead atoms. The summed E-state index contributed by atoms with van der Waals surface area (Å²) in [5.74, 6) is 9.80. The second-order valence-corrected chi connectivity index (χ2v) is 15.3. The monoisotopic (exact) mass is 867 g/mol. The number of nitrogens with zero attached hydrogens (tertiary/aromatic N) is 8. The molecule has 8 rings (SSSR count). The molecule has 0 radical (unpaired) electrons. The van der Waals surface area contributed by atoms with E-state index in [9.17, 15) is 0 Å². The molecular weight excluding hydrogens is 819 g/mol. The molecule has 66 heavy (non-hydrogen) atoms. The van der Waals surface area contributed by atoms with E-state index in [1.54, 1.807) is 25.1 Å². The highest BCUT2D eigenvalue weighted by Crippen LogP contribution is 2.31. The zero-order valence-corrected chi connectivity index (χ0v) is 36.8. The normalized spacial score (nSPS) is 20.2. The van der Waals surface area contributed by atoms with Crippen LogP contribution in [0.3, 0.4) is 0 Å². The Kier molecular flexibility index (Phi) is 14.4. The van der Waals surface area contributed by atoms with Gasteiger partial charge in [-0.25, -0.2) is 9.97 Å². The SMILES string of the molecule is C=C1/C=C\C(c2ccccn2)=C/C/C(CC)=C(/C=C\CCC2=C=CC3=C(C=C2)OC/C=C\C(C2=C=CC(c4nncn4-c4ccccn4)=CC(CN(/C=N\N)c4ccccn4)=C2)=C/C3=C)O1. The maximum Gasteiger partial charge on any atom is 0.170 e. The van der Waals surface area contributed by atoms with E-state index in [1.807, 2.05) is 113 Å². The lowest BCUT2D eigenvalue weighted by molar-refractivity contribution is 0.259. The molecule has 0 unspecified atom stereocenters. The molecule has 0 saturated heterocycles. The molecule has 4 aromatic heterocycles. The summed E-state index contributed by atoms with van der Waals surface area (Å²) in [6.45, 7) is 11.6. The van der Waals surface area contributed by atoms with Crippen LogP contribution in [0.2, 0.25) is 0 Å². The van der Waals surface area contributed by atoms with Crippen molar-refractivity contribution < 1.29 is 9.47 Å². The van der Waals surface area contributed by atoms with Crippen molar-refractivity contribution in [3.8, 4) is 5.82 Å². The first-order chi connectivity index (χ1) is 32.4. The van der Waals surface area contributed by atoms with Crippen LogP contribution in [0.5, 0.6) is 0 Å². The highest BCUT2D eigenvalue weighted by atomic mass is 16.5. The molecule has 326 valence electrons. The van der Waals surface area contributed by atoms with Crippen LogP contribution >= 0.6 is 0 Å². The van der Waals surface area contributed by atoms with E-state index < -0.39 is 0 Å². The van der Waals surface area contributed by atoms with Gasteiger partial charge in [0.1, 0.15) is 48.2 Å². The molecule has 0 fully saturated rings. The van der Waals surface area contributed by atoms with Crippen molar-refractivity contribution >= 4 is 23.3 Å². The summed E-state index contributed by atoms with van der Waals surface area (Å²) in [7, 11) is 0. The number of aromatic nitrogens is 6. The number of anilines is 1. The van der Waals surface area contributed by atoms with Gasteiger partial charge < -0.3 is 20.2 Å². The van der Waals surface area contributed by atoms with E-state index in [1.165, 1.54) is 5.57 Å². The van der Waals surface area contributed by atoms with E-state index in [-0.39, 0.29) is 0 Å². The Bertz CT molecular complexity index is 2970. The Hall–Kier alpha value is -8.62. The van der Waals surface area contributed by atoms with Gasteiger partial charge in [0.25, 0.3) is 0 Å². The number of hydrogen-bond donors (Lipinski definition) is 1. The molecule has 0 spiro atoms. The molecule has 0 atom stereocenters. The summed E-state index contributed by atoms with van der Waals surface area (Å²) in [5.41, 5.74) is 16.3. The molecule has 0 aromatic carbocycles. The average Bonchev–Trinajstić information content (AvgIpc) is 3.69. The highest BCUT2D eigenvalue weighted by Gasteiger charge is 2.18. The van der Waals surface area contributed by atoms with Crippen molar-refractivity contribution in [2.75, 3.05) is 18.1 Å². The topological polar surface area (TPSA) is 129 Å². The van der Waals surface area contributed by atoms with E-state index in [0.29, 0.717) is 42.1 Å². The molecule has 2 aliphatic carbocycles. The minimum Gasteiger partial charge on any atom is -0.489 e. The van der Waals surface area contributed by atoms with Crippen LogP contribution in [0.15, 0.2) is 251 Å². The van der Waals surface area contributed by atoms with Crippen molar-refractivity contribution in [3.05, 3.63) is 257 Å². The number of pyridine rings is 3. The number of hydrazone groups is 1. The van der Waals surface area contributed by atoms with Gasteiger partial charge in [0, 0.05) is 35.3 Å². The fraction of sp³-hybridized carbons (Fsp3) is 0.127. The first-order valence-electron chi connectivity index (χ1n) is 21.7. The number of ether oxygens (including phenoxy) is 2. The van der Waals surface area contributed by atoms with Crippen LogP contribution < -0.4 is 10.7 Å². The van der Waals surface area contributed by atoms with Crippen molar-refractivity contribution in [1.82, 2.24) is 29.7 Å². The molecule has 0 saturated carbocycles. The Morgan fingerprint density at radius 2 is 1.73 bits per heavy atom. The summed E-state index contributed by atoms with van der Waals surface area (Å²) >= 11 is 0. The average molecular weight is 868 g/mol. The Morgan fingerprint density at radius 3 is 2.52 bits per heavy atom. The molecule has 11 heteroatoms. The summed E-state index contributed by atoms with van der Waals surface area (Å²) in [5, 5.41) is 12.6. The van der Waals surface area contributed by atoms with Crippen LogP contribution in [0.1, 0.15) is 44.1 Å². The zero-order chi connectivity index (χ0) is 45.5. The van der Waals surface area contributed by atoms with Gasteiger partial charge in [-0.1, -0.05) is 56.5 Å². The third kappa shape index (κ3) is 11.1. The molecule has 0 amide bonds. The maximum absolute atomic E-state index is 6.35. The molecule has 4 aliphatic rings. The number of rotatable bonds is 13. The molecule has 2 N–H and O–H groups in total. The van der Waals surface area contributed by atoms with Gasteiger partial charge in [0.15, 0.2) is 5.82 Å². The number of nitrogens with two attached hydrogens (primary N) is 1. The van der Waals surface area contributed by atoms with E-state index in [4.69, 9.17) is 15.3 Å². The fourth-order valence-electron chi connectivity index (χ4n) is 7.46. The zero-order valence-electron chi connectivity index (χ0n) is 36.8. The van der Waals surface area contributed by atoms with Crippen molar-refractivity contribution in [1.29, 1.82) is 0 Å². The molecular formula is C55H49N9O2. The van der Waals surface area contributed by atoms with Gasteiger partial charge in [-0.2, -0.15) is 5.10 Å². The van der Waals surface area contributed by atoms with Crippen LogP contribution in [-0.4, -0.2) is 49.2 Å².